The van der Waals surface area contributed by atoms with Gasteiger partial charge in [-0.3, -0.25) is 9.69 Å². The number of nitrogens with zero attached hydrogens (tertiary/aromatic N) is 1. The second kappa shape index (κ2) is 11.0. The molecule has 0 bridgehead atoms. The lowest BCUT2D eigenvalue weighted by Crippen LogP contribution is -2.42. The molecular formula is C28H32N2O3. The van der Waals surface area contributed by atoms with Crippen LogP contribution < -0.4 is 14.8 Å². The molecule has 1 aliphatic heterocycles. The monoisotopic (exact) mass is 444 g/mol. The number of rotatable bonds is 8. The molecule has 3 aromatic rings. The Hall–Kier alpha value is -3.31. The smallest absolute Gasteiger partial charge is 0.224 e. The van der Waals surface area contributed by atoms with Crippen molar-refractivity contribution in [3.8, 4) is 22.6 Å². The van der Waals surface area contributed by atoms with Crippen LogP contribution in [0.2, 0.25) is 0 Å². The van der Waals surface area contributed by atoms with Crippen LogP contribution in [0.3, 0.4) is 0 Å². The number of carbonyl (C=O) groups excluding carboxylic acids is 1. The van der Waals surface area contributed by atoms with Gasteiger partial charge in [0.15, 0.2) is 0 Å². The first-order chi connectivity index (χ1) is 16.2. The number of amides is 1. The van der Waals surface area contributed by atoms with Crippen molar-refractivity contribution in [2.45, 2.75) is 25.9 Å². The molecule has 1 atom stereocenters. The van der Waals surface area contributed by atoms with Gasteiger partial charge < -0.3 is 14.8 Å². The van der Waals surface area contributed by atoms with Crippen LogP contribution in [0.25, 0.3) is 11.1 Å². The quantitative estimate of drug-likeness (QED) is 0.537. The molecule has 0 aromatic heterocycles. The summed E-state index contributed by atoms with van der Waals surface area (Å²) in [5.41, 5.74) is 4.53. The van der Waals surface area contributed by atoms with Gasteiger partial charge in [-0.05, 0) is 60.3 Å². The number of para-hydroxylation sites is 1. The molecule has 1 saturated heterocycles. The highest BCUT2D eigenvalue weighted by atomic mass is 16.5. The van der Waals surface area contributed by atoms with E-state index in [1.54, 1.807) is 14.2 Å². The Balaban J connectivity index is 1.36. The van der Waals surface area contributed by atoms with Crippen LogP contribution in [0, 0.1) is 5.92 Å². The fraction of sp³-hybridized carbons (Fsp3) is 0.321. The van der Waals surface area contributed by atoms with Crippen molar-refractivity contribution >= 4 is 5.91 Å². The van der Waals surface area contributed by atoms with Gasteiger partial charge in [0, 0.05) is 25.2 Å². The number of carbonyl (C=O) groups is 1. The SMILES string of the molecule is COc1cccc(CNC(=O)C2CCCN(Cc3cccc(-c4ccccc4OC)c3)C2)c1. The van der Waals surface area contributed by atoms with Crippen molar-refractivity contribution < 1.29 is 14.3 Å². The zero-order valence-electron chi connectivity index (χ0n) is 19.4. The standard InChI is InChI=1S/C28H32N2O3/c1-32-25-12-6-8-21(17-25)18-29-28(31)24-11-7-15-30(20-24)19-22-9-5-10-23(16-22)26-13-3-4-14-27(26)33-2/h3-6,8-10,12-14,16-17,24H,7,11,15,18-20H2,1-2H3,(H,29,31). The fourth-order valence-corrected chi connectivity index (χ4v) is 4.51. The third-order valence-corrected chi connectivity index (χ3v) is 6.23. The summed E-state index contributed by atoms with van der Waals surface area (Å²) in [6.45, 7) is 3.15. The van der Waals surface area contributed by atoms with Gasteiger partial charge in [0.1, 0.15) is 11.5 Å². The maximum Gasteiger partial charge on any atom is 0.224 e. The van der Waals surface area contributed by atoms with E-state index in [1.807, 2.05) is 42.5 Å². The third kappa shape index (κ3) is 5.93. The summed E-state index contributed by atoms with van der Waals surface area (Å²) in [5, 5.41) is 3.11. The average Bonchev–Trinajstić information content (AvgIpc) is 2.87. The Bertz CT molecular complexity index is 1080. The fourth-order valence-electron chi connectivity index (χ4n) is 4.51. The van der Waals surface area contributed by atoms with E-state index in [-0.39, 0.29) is 11.8 Å². The number of hydrogen-bond acceptors (Lipinski definition) is 4. The van der Waals surface area contributed by atoms with E-state index in [2.05, 4.69) is 40.5 Å². The van der Waals surface area contributed by atoms with Crippen molar-refractivity contribution in [2.24, 2.45) is 5.92 Å². The first-order valence-electron chi connectivity index (χ1n) is 11.5. The van der Waals surface area contributed by atoms with Crippen LogP contribution in [-0.2, 0) is 17.9 Å². The minimum absolute atomic E-state index is 0.0155. The summed E-state index contributed by atoms with van der Waals surface area (Å²) in [7, 11) is 3.36. The van der Waals surface area contributed by atoms with Crippen LogP contribution in [0.5, 0.6) is 11.5 Å². The number of methoxy groups -OCH3 is 2. The number of ether oxygens (including phenoxy) is 2. The largest absolute Gasteiger partial charge is 0.497 e. The zero-order valence-corrected chi connectivity index (χ0v) is 19.4. The highest BCUT2D eigenvalue weighted by Crippen LogP contribution is 2.30. The maximum atomic E-state index is 12.9. The van der Waals surface area contributed by atoms with E-state index < -0.39 is 0 Å². The normalized spacial score (nSPS) is 16.2. The molecule has 0 aliphatic carbocycles. The molecule has 5 heteroatoms. The zero-order chi connectivity index (χ0) is 23.0. The number of nitrogens with one attached hydrogen (secondary N) is 1. The molecular weight excluding hydrogens is 412 g/mol. The number of benzene rings is 3. The van der Waals surface area contributed by atoms with E-state index in [4.69, 9.17) is 9.47 Å². The third-order valence-electron chi connectivity index (χ3n) is 6.23. The predicted octanol–water partition coefficient (Wildman–Crippen LogP) is 4.90. The molecule has 1 amide bonds. The molecule has 1 unspecified atom stereocenters. The lowest BCUT2D eigenvalue weighted by atomic mass is 9.96. The summed E-state index contributed by atoms with van der Waals surface area (Å²) in [5.74, 6) is 1.83. The summed E-state index contributed by atoms with van der Waals surface area (Å²) >= 11 is 0. The van der Waals surface area contributed by atoms with Crippen LogP contribution in [-0.4, -0.2) is 38.1 Å². The number of piperidine rings is 1. The molecule has 3 aromatic carbocycles. The number of likely N-dealkylation sites (tertiary alicyclic amines) is 1. The van der Waals surface area contributed by atoms with Crippen LogP contribution >= 0.6 is 0 Å². The summed E-state index contributed by atoms with van der Waals surface area (Å²) in [6, 6.07) is 24.5. The van der Waals surface area contributed by atoms with E-state index in [0.717, 1.165) is 60.7 Å². The molecule has 1 heterocycles. The molecule has 5 nitrogen and oxygen atoms in total. The molecule has 0 saturated carbocycles. The summed E-state index contributed by atoms with van der Waals surface area (Å²) < 4.78 is 10.8. The Labute approximate surface area is 196 Å². The predicted molar refractivity (Wildman–Crippen MR) is 131 cm³/mol. The molecule has 1 aliphatic rings. The van der Waals surface area contributed by atoms with Crippen LogP contribution in [0.15, 0.2) is 72.8 Å². The Morgan fingerprint density at radius 3 is 2.64 bits per heavy atom. The van der Waals surface area contributed by atoms with Crippen molar-refractivity contribution in [1.29, 1.82) is 0 Å². The van der Waals surface area contributed by atoms with Gasteiger partial charge in [-0.15, -0.1) is 0 Å². The minimum Gasteiger partial charge on any atom is -0.497 e. The summed E-state index contributed by atoms with van der Waals surface area (Å²) in [6.07, 6.45) is 1.96. The lowest BCUT2D eigenvalue weighted by molar-refractivity contribution is -0.126. The van der Waals surface area contributed by atoms with E-state index in [9.17, 15) is 4.79 Å². The molecule has 172 valence electrons. The first-order valence-corrected chi connectivity index (χ1v) is 11.5. The van der Waals surface area contributed by atoms with Gasteiger partial charge in [0.2, 0.25) is 5.91 Å². The minimum atomic E-state index is 0.0155. The van der Waals surface area contributed by atoms with Crippen molar-refractivity contribution in [3.63, 3.8) is 0 Å². The molecule has 0 radical (unpaired) electrons. The highest BCUT2D eigenvalue weighted by molar-refractivity contribution is 5.79. The van der Waals surface area contributed by atoms with Gasteiger partial charge in [-0.25, -0.2) is 0 Å². The Morgan fingerprint density at radius 2 is 1.79 bits per heavy atom. The second-order valence-electron chi connectivity index (χ2n) is 8.54. The Kier molecular flexibility index (Phi) is 7.63. The average molecular weight is 445 g/mol. The van der Waals surface area contributed by atoms with Gasteiger partial charge in [-0.1, -0.05) is 48.5 Å². The molecule has 0 spiro atoms. The van der Waals surface area contributed by atoms with Crippen molar-refractivity contribution in [2.75, 3.05) is 27.3 Å². The highest BCUT2D eigenvalue weighted by Gasteiger charge is 2.25. The van der Waals surface area contributed by atoms with Gasteiger partial charge in [-0.2, -0.15) is 0 Å². The van der Waals surface area contributed by atoms with E-state index in [0.29, 0.717) is 6.54 Å². The first kappa shape index (κ1) is 22.9. The topological polar surface area (TPSA) is 50.8 Å². The molecule has 1 N–H and O–H groups in total. The van der Waals surface area contributed by atoms with Gasteiger partial charge in [0.05, 0.1) is 20.1 Å². The molecule has 1 fully saturated rings. The van der Waals surface area contributed by atoms with Gasteiger partial charge in [0.25, 0.3) is 0 Å². The second-order valence-corrected chi connectivity index (χ2v) is 8.54. The number of hydrogen-bond donors (Lipinski definition) is 1. The van der Waals surface area contributed by atoms with Gasteiger partial charge >= 0.3 is 0 Å². The molecule has 33 heavy (non-hydrogen) atoms. The lowest BCUT2D eigenvalue weighted by Gasteiger charge is -2.32. The Morgan fingerprint density at radius 1 is 0.970 bits per heavy atom. The molecule has 4 rings (SSSR count). The van der Waals surface area contributed by atoms with Crippen molar-refractivity contribution in [3.05, 3.63) is 83.9 Å². The van der Waals surface area contributed by atoms with Crippen LogP contribution in [0.1, 0.15) is 24.0 Å². The van der Waals surface area contributed by atoms with E-state index >= 15 is 0 Å². The van der Waals surface area contributed by atoms with Crippen molar-refractivity contribution in [1.82, 2.24) is 10.2 Å². The van der Waals surface area contributed by atoms with Crippen LogP contribution in [0.4, 0.5) is 0 Å². The summed E-state index contributed by atoms with van der Waals surface area (Å²) in [4.78, 5) is 15.2. The maximum absolute atomic E-state index is 12.9. The van der Waals surface area contributed by atoms with E-state index in [1.165, 1.54) is 5.56 Å².